The monoisotopic (exact) mass is 341 g/mol. The highest BCUT2D eigenvalue weighted by molar-refractivity contribution is 7.11. The van der Waals surface area contributed by atoms with Gasteiger partial charge in [0, 0.05) is 4.88 Å². The van der Waals surface area contributed by atoms with E-state index in [1.54, 1.807) is 17.5 Å². The van der Waals surface area contributed by atoms with Crippen molar-refractivity contribution >= 4 is 57.6 Å². The molecule has 3 rings (SSSR count). The molecule has 2 amide bonds. The average Bonchev–Trinajstić information content (AvgIpc) is 3.03. The van der Waals surface area contributed by atoms with E-state index in [1.807, 2.05) is 0 Å². The zero-order valence-corrected chi connectivity index (χ0v) is 12.6. The predicted molar refractivity (Wildman–Crippen MR) is 81.0 cm³/mol. The maximum atomic E-state index is 13.2. The topological polar surface area (TPSA) is 37.4 Å². The standard InChI is InChI=1S/C14H6Cl2FNO2S/c15-8-6-7(3-4-9(8)17)18-13(19)11(12(16)14(18)20)10-2-1-5-21-10/h1-6H. The first kappa shape index (κ1) is 14.3. The summed E-state index contributed by atoms with van der Waals surface area (Å²) in [4.78, 5) is 26.2. The molecule has 1 aromatic heterocycles. The second kappa shape index (κ2) is 5.26. The smallest absolute Gasteiger partial charge is 0.268 e. The molecule has 2 heterocycles. The molecule has 0 spiro atoms. The quantitative estimate of drug-likeness (QED) is 0.772. The van der Waals surface area contributed by atoms with Crippen LogP contribution in [0.1, 0.15) is 4.88 Å². The fourth-order valence-corrected chi connectivity index (χ4v) is 3.26. The number of hydrogen-bond donors (Lipinski definition) is 0. The van der Waals surface area contributed by atoms with Gasteiger partial charge in [0.15, 0.2) is 0 Å². The van der Waals surface area contributed by atoms with Crippen LogP contribution in [0.25, 0.3) is 5.57 Å². The normalized spacial score (nSPS) is 15.3. The Hall–Kier alpha value is -1.69. The van der Waals surface area contributed by atoms with Crippen LogP contribution < -0.4 is 4.90 Å². The van der Waals surface area contributed by atoms with E-state index >= 15 is 0 Å². The van der Waals surface area contributed by atoms with Crippen molar-refractivity contribution in [3.8, 4) is 0 Å². The van der Waals surface area contributed by atoms with Crippen LogP contribution >= 0.6 is 34.5 Å². The number of rotatable bonds is 2. The number of carbonyl (C=O) groups is 2. The van der Waals surface area contributed by atoms with Crippen molar-refractivity contribution in [2.24, 2.45) is 0 Å². The fraction of sp³-hybridized carbons (Fsp3) is 0. The van der Waals surface area contributed by atoms with E-state index < -0.39 is 17.6 Å². The Morgan fingerprint density at radius 2 is 1.86 bits per heavy atom. The number of thiophene rings is 1. The minimum atomic E-state index is -0.646. The molecule has 0 bridgehead atoms. The van der Waals surface area contributed by atoms with Crippen molar-refractivity contribution in [1.29, 1.82) is 0 Å². The first-order valence-electron chi connectivity index (χ1n) is 5.78. The average molecular weight is 342 g/mol. The van der Waals surface area contributed by atoms with E-state index in [0.29, 0.717) is 4.88 Å². The molecule has 3 nitrogen and oxygen atoms in total. The zero-order chi connectivity index (χ0) is 15.1. The van der Waals surface area contributed by atoms with Crippen molar-refractivity contribution in [2.45, 2.75) is 0 Å². The van der Waals surface area contributed by atoms with Crippen LogP contribution in [0.15, 0.2) is 40.7 Å². The van der Waals surface area contributed by atoms with E-state index in [0.717, 1.165) is 11.0 Å². The summed E-state index contributed by atoms with van der Waals surface area (Å²) in [7, 11) is 0. The van der Waals surface area contributed by atoms with Crippen LogP contribution in [0.2, 0.25) is 5.02 Å². The lowest BCUT2D eigenvalue weighted by Crippen LogP contribution is -2.31. The molecule has 1 aliphatic heterocycles. The third-order valence-electron chi connectivity index (χ3n) is 2.96. The Bertz CT molecular complexity index is 786. The second-order valence-electron chi connectivity index (χ2n) is 4.21. The maximum Gasteiger partial charge on any atom is 0.277 e. The van der Waals surface area contributed by atoms with Crippen LogP contribution in [0.3, 0.4) is 0 Å². The Kier molecular flexibility index (Phi) is 3.57. The van der Waals surface area contributed by atoms with Crippen LogP contribution in [0, 0.1) is 5.82 Å². The van der Waals surface area contributed by atoms with Crippen molar-refractivity contribution in [2.75, 3.05) is 4.90 Å². The molecule has 0 unspecified atom stereocenters. The Morgan fingerprint density at radius 3 is 2.48 bits per heavy atom. The minimum Gasteiger partial charge on any atom is -0.268 e. The molecule has 0 N–H and O–H groups in total. The van der Waals surface area contributed by atoms with Gasteiger partial charge in [-0.25, -0.2) is 9.29 Å². The minimum absolute atomic E-state index is 0.150. The lowest BCUT2D eigenvalue weighted by Gasteiger charge is -2.15. The molecule has 0 saturated heterocycles. The highest BCUT2D eigenvalue weighted by Gasteiger charge is 2.39. The summed E-state index contributed by atoms with van der Waals surface area (Å²) < 4.78 is 13.2. The van der Waals surface area contributed by atoms with Gasteiger partial charge in [-0.05, 0) is 29.6 Å². The van der Waals surface area contributed by atoms with Gasteiger partial charge in [-0.2, -0.15) is 0 Å². The highest BCUT2D eigenvalue weighted by atomic mass is 35.5. The number of nitrogens with zero attached hydrogens (tertiary/aromatic N) is 1. The summed E-state index contributed by atoms with van der Waals surface area (Å²) in [6.45, 7) is 0. The molecule has 0 radical (unpaired) electrons. The Balaban J connectivity index is 2.06. The first-order valence-corrected chi connectivity index (χ1v) is 7.41. The molecule has 21 heavy (non-hydrogen) atoms. The summed E-state index contributed by atoms with van der Waals surface area (Å²) in [5, 5.41) is 1.46. The summed E-state index contributed by atoms with van der Waals surface area (Å²) in [6, 6.07) is 7.07. The molecular formula is C14H6Cl2FNO2S. The molecule has 0 atom stereocenters. The molecule has 1 aliphatic rings. The zero-order valence-electron chi connectivity index (χ0n) is 10.3. The number of anilines is 1. The van der Waals surface area contributed by atoms with E-state index in [1.165, 1.54) is 23.5 Å². The molecular weight excluding hydrogens is 336 g/mol. The van der Waals surface area contributed by atoms with Crippen LogP contribution in [0.4, 0.5) is 10.1 Å². The largest absolute Gasteiger partial charge is 0.277 e. The first-order chi connectivity index (χ1) is 10.0. The van der Waals surface area contributed by atoms with E-state index in [4.69, 9.17) is 23.2 Å². The van der Waals surface area contributed by atoms with Gasteiger partial charge >= 0.3 is 0 Å². The highest BCUT2D eigenvalue weighted by Crippen LogP contribution is 2.37. The molecule has 0 fully saturated rings. The summed E-state index contributed by atoms with van der Waals surface area (Å²) in [5.74, 6) is -1.82. The number of hydrogen-bond acceptors (Lipinski definition) is 3. The molecule has 106 valence electrons. The number of amides is 2. The number of imide groups is 1. The van der Waals surface area contributed by atoms with Crippen molar-refractivity contribution in [3.63, 3.8) is 0 Å². The summed E-state index contributed by atoms with van der Waals surface area (Å²) >= 11 is 13.0. The lowest BCUT2D eigenvalue weighted by atomic mass is 10.2. The Morgan fingerprint density at radius 1 is 1.10 bits per heavy atom. The second-order valence-corrected chi connectivity index (χ2v) is 5.94. The van der Waals surface area contributed by atoms with Gasteiger partial charge in [-0.15, -0.1) is 11.3 Å². The van der Waals surface area contributed by atoms with Gasteiger partial charge in [-0.1, -0.05) is 29.3 Å². The summed E-state index contributed by atoms with van der Waals surface area (Å²) in [5.41, 5.74) is 0.332. The van der Waals surface area contributed by atoms with Crippen molar-refractivity contribution in [3.05, 3.63) is 56.5 Å². The van der Waals surface area contributed by atoms with E-state index in [9.17, 15) is 14.0 Å². The predicted octanol–water partition coefficient (Wildman–Crippen LogP) is 4.06. The Labute approximate surface area is 133 Å². The third kappa shape index (κ3) is 2.27. The van der Waals surface area contributed by atoms with Crippen molar-refractivity contribution in [1.82, 2.24) is 0 Å². The maximum absolute atomic E-state index is 13.2. The van der Waals surface area contributed by atoms with Crippen molar-refractivity contribution < 1.29 is 14.0 Å². The van der Waals surface area contributed by atoms with Gasteiger partial charge in [0.25, 0.3) is 11.8 Å². The fourth-order valence-electron chi connectivity index (χ4n) is 2.00. The number of benzene rings is 1. The third-order valence-corrected chi connectivity index (χ3v) is 4.48. The SMILES string of the molecule is O=C1C(Cl)=C(c2cccs2)C(=O)N1c1ccc(F)c(Cl)c1. The van der Waals surface area contributed by atoms with Gasteiger partial charge in [0.1, 0.15) is 10.8 Å². The van der Waals surface area contributed by atoms with Gasteiger partial charge in [-0.3, -0.25) is 9.59 Å². The lowest BCUT2D eigenvalue weighted by molar-refractivity contribution is -0.119. The van der Waals surface area contributed by atoms with Crippen LogP contribution in [-0.2, 0) is 9.59 Å². The molecule has 7 heteroatoms. The molecule has 1 aromatic carbocycles. The van der Waals surface area contributed by atoms with E-state index in [-0.39, 0.29) is 21.3 Å². The molecule has 2 aromatic rings. The molecule has 0 saturated carbocycles. The number of halogens is 3. The van der Waals surface area contributed by atoms with Crippen LogP contribution in [-0.4, -0.2) is 11.8 Å². The van der Waals surface area contributed by atoms with E-state index in [2.05, 4.69) is 0 Å². The van der Waals surface area contributed by atoms with Gasteiger partial charge in [0.2, 0.25) is 0 Å². The van der Waals surface area contributed by atoms with Gasteiger partial charge < -0.3 is 0 Å². The molecule has 0 aliphatic carbocycles. The summed E-state index contributed by atoms with van der Waals surface area (Å²) in [6.07, 6.45) is 0. The number of carbonyl (C=O) groups excluding carboxylic acids is 2. The van der Waals surface area contributed by atoms with Crippen LogP contribution in [0.5, 0.6) is 0 Å². The van der Waals surface area contributed by atoms with Gasteiger partial charge in [0.05, 0.1) is 16.3 Å².